The summed E-state index contributed by atoms with van der Waals surface area (Å²) in [5.74, 6) is -2.92. The van der Waals surface area contributed by atoms with Crippen LogP contribution in [-0.2, 0) is 0 Å². The van der Waals surface area contributed by atoms with Gasteiger partial charge in [0, 0.05) is 5.69 Å². The molecule has 0 saturated heterocycles. The molecule has 4 N–H and O–H groups in total. The van der Waals surface area contributed by atoms with Gasteiger partial charge in [0.15, 0.2) is 0 Å². The number of benzene rings is 1. The molecule has 1 aromatic heterocycles. The average Bonchev–Trinajstić information content (AvgIpc) is 2.93. The van der Waals surface area contributed by atoms with Crippen molar-refractivity contribution >= 4 is 29.2 Å². The third-order valence-corrected chi connectivity index (χ3v) is 2.87. The molecular weight excluding hydrogens is 266 g/mol. The average molecular weight is 273 g/mol. The highest BCUT2D eigenvalue weighted by molar-refractivity contribution is 6.32. The largest absolute Gasteiger partial charge is 0.398 e. The third-order valence-electron chi connectivity index (χ3n) is 2.87. The molecule has 0 spiro atoms. The molecule has 1 aliphatic heterocycles. The fraction of sp³-hybridized carbons (Fsp3) is 0. The van der Waals surface area contributed by atoms with Crippen molar-refractivity contribution in [1.82, 2.24) is 15.2 Å². The molecule has 1 aromatic carbocycles. The molecule has 0 fully saturated rings. The van der Waals surface area contributed by atoms with Gasteiger partial charge in [-0.25, -0.2) is 9.53 Å². The number of carbonyl (C=O) groups excluding carboxylic acids is 3. The van der Waals surface area contributed by atoms with Gasteiger partial charge in [0.05, 0.1) is 11.1 Å². The number of carbonyl (C=O) groups is 3. The van der Waals surface area contributed by atoms with Crippen LogP contribution in [0.3, 0.4) is 0 Å². The van der Waals surface area contributed by atoms with E-state index in [-0.39, 0.29) is 22.6 Å². The Hall–Kier alpha value is -3.23. The molecule has 0 unspecified atom stereocenters. The maximum Gasteiger partial charge on any atom is 0.294 e. The van der Waals surface area contributed by atoms with Gasteiger partial charge in [0.25, 0.3) is 17.7 Å². The zero-order valence-corrected chi connectivity index (χ0v) is 9.86. The second-order valence-corrected chi connectivity index (χ2v) is 4.02. The number of nitrogen functional groups attached to an aromatic ring is 2. The molecule has 2 heterocycles. The molecule has 0 saturated carbocycles. The Morgan fingerprint density at radius 1 is 1.15 bits per heavy atom. The van der Waals surface area contributed by atoms with Crippen molar-refractivity contribution < 1.29 is 19.0 Å². The van der Waals surface area contributed by atoms with Gasteiger partial charge in [-0.05, 0) is 22.4 Å². The van der Waals surface area contributed by atoms with Crippen molar-refractivity contribution in [1.29, 1.82) is 0 Å². The number of imide groups is 3. The molecule has 2 aromatic rings. The van der Waals surface area contributed by atoms with Crippen LogP contribution in [0.4, 0.5) is 11.5 Å². The van der Waals surface area contributed by atoms with Crippen LogP contribution in [-0.4, -0.2) is 32.9 Å². The quantitative estimate of drug-likeness (QED) is 0.530. The number of hydrogen-bond donors (Lipinski definition) is 2. The number of nitrogens with zero attached hydrogens (tertiary/aromatic N) is 3. The van der Waals surface area contributed by atoms with Crippen LogP contribution in [0.2, 0.25) is 0 Å². The number of amides is 3. The van der Waals surface area contributed by atoms with Gasteiger partial charge in [-0.15, -0.1) is 0 Å². The minimum atomic E-state index is -1.01. The normalized spacial score (nSPS) is 13.7. The van der Waals surface area contributed by atoms with Crippen LogP contribution in [0.15, 0.2) is 22.8 Å². The van der Waals surface area contributed by atoms with E-state index in [2.05, 4.69) is 14.9 Å². The van der Waals surface area contributed by atoms with Gasteiger partial charge in [0.1, 0.15) is 0 Å². The molecule has 0 bridgehead atoms. The lowest BCUT2D eigenvalue weighted by Gasteiger charge is -2.09. The number of hydrogen-bond acceptors (Lipinski definition) is 8. The number of nitrogens with two attached hydrogens (primary N) is 2. The fourth-order valence-corrected chi connectivity index (χ4v) is 1.95. The highest BCUT2D eigenvalue weighted by atomic mass is 16.6. The highest BCUT2D eigenvalue weighted by Crippen LogP contribution is 2.28. The predicted molar refractivity (Wildman–Crippen MR) is 64.4 cm³/mol. The number of rotatable bonds is 1. The molecule has 3 rings (SSSR count). The lowest BCUT2D eigenvalue weighted by Crippen LogP contribution is -2.36. The van der Waals surface area contributed by atoms with Crippen LogP contribution in [0.1, 0.15) is 31.2 Å². The second-order valence-electron chi connectivity index (χ2n) is 4.02. The van der Waals surface area contributed by atoms with Crippen molar-refractivity contribution in [2.45, 2.75) is 0 Å². The summed E-state index contributed by atoms with van der Waals surface area (Å²) in [6, 6.07) is 4.38. The summed E-state index contributed by atoms with van der Waals surface area (Å²) >= 11 is 0. The zero-order valence-electron chi connectivity index (χ0n) is 9.86. The summed E-state index contributed by atoms with van der Waals surface area (Å²) in [6.45, 7) is 0. The first kappa shape index (κ1) is 11.8. The Morgan fingerprint density at radius 2 is 1.90 bits per heavy atom. The molecule has 9 nitrogen and oxygen atoms in total. The molecule has 1 aliphatic rings. The van der Waals surface area contributed by atoms with Crippen LogP contribution in [0, 0.1) is 0 Å². The van der Waals surface area contributed by atoms with Gasteiger partial charge < -0.3 is 11.5 Å². The highest BCUT2D eigenvalue weighted by Gasteiger charge is 2.43. The van der Waals surface area contributed by atoms with Crippen molar-refractivity contribution in [3.8, 4) is 0 Å². The first-order valence-electron chi connectivity index (χ1n) is 5.42. The molecular formula is C11H7N5O4. The number of anilines is 2. The molecule has 9 heteroatoms. The molecule has 0 aliphatic carbocycles. The Labute approximate surface area is 111 Å². The minimum Gasteiger partial charge on any atom is -0.398 e. The van der Waals surface area contributed by atoms with Crippen LogP contribution in [0.5, 0.6) is 0 Å². The fourth-order valence-electron chi connectivity index (χ4n) is 1.95. The van der Waals surface area contributed by atoms with Gasteiger partial charge in [0.2, 0.25) is 11.5 Å². The van der Waals surface area contributed by atoms with E-state index in [9.17, 15) is 14.4 Å². The second kappa shape index (κ2) is 3.88. The standard InChI is InChI=1S/C11H7N5O4/c12-5-3-1-2-4-6(5)10(18)16(9(4)17)11(19)7-8(13)15-20-14-7/h1-3H,12H2,(H2,13,15). The third kappa shape index (κ3) is 1.40. The Morgan fingerprint density at radius 3 is 2.50 bits per heavy atom. The monoisotopic (exact) mass is 273 g/mol. The van der Waals surface area contributed by atoms with Gasteiger partial charge in [-0.3, -0.25) is 14.4 Å². The van der Waals surface area contributed by atoms with Crippen molar-refractivity contribution in [2.75, 3.05) is 11.5 Å². The van der Waals surface area contributed by atoms with Crippen LogP contribution >= 0.6 is 0 Å². The number of aromatic nitrogens is 2. The van der Waals surface area contributed by atoms with Crippen molar-refractivity contribution in [3.05, 3.63) is 35.0 Å². The summed E-state index contributed by atoms with van der Waals surface area (Å²) in [4.78, 5) is 36.8. The van der Waals surface area contributed by atoms with E-state index in [0.29, 0.717) is 4.90 Å². The van der Waals surface area contributed by atoms with Crippen molar-refractivity contribution in [2.24, 2.45) is 0 Å². The first-order chi connectivity index (χ1) is 9.52. The maximum absolute atomic E-state index is 12.2. The van der Waals surface area contributed by atoms with Gasteiger partial charge in [-0.1, -0.05) is 6.07 Å². The smallest absolute Gasteiger partial charge is 0.294 e. The Bertz CT molecular complexity index is 758. The summed E-state index contributed by atoms with van der Waals surface area (Å²) in [6.07, 6.45) is 0. The summed E-state index contributed by atoms with van der Waals surface area (Å²) in [7, 11) is 0. The Kier molecular flexibility index (Phi) is 2.30. The molecule has 0 atom stereocenters. The Balaban J connectivity index is 2.09. The summed E-state index contributed by atoms with van der Waals surface area (Å²) < 4.78 is 4.28. The van der Waals surface area contributed by atoms with E-state index in [0.717, 1.165) is 0 Å². The lowest BCUT2D eigenvalue weighted by molar-refractivity contribution is 0.0562. The predicted octanol–water partition coefficient (Wildman–Crippen LogP) is -0.330. The topological polar surface area (TPSA) is 145 Å². The van der Waals surface area contributed by atoms with E-state index in [1.165, 1.54) is 18.2 Å². The summed E-state index contributed by atoms with van der Waals surface area (Å²) in [5, 5.41) is 6.50. The molecule has 20 heavy (non-hydrogen) atoms. The molecule has 0 radical (unpaired) electrons. The minimum absolute atomic E-state index is 0.0131. The van der Waals surface area contributed by atoms with E-state index in [1.807, 2.05) is 0 Å². The van der Waals surface area contributed by atoms with E-state index in [1.54, 1.807) is 0 Å². The number of fused-ring (bicyclic) bond motifs is 1. The van der Waals surface area contributed by atoms with E-state index >= 15 is 0 Å². The van der Waals surface area contributed by atoms with Crippen LogP contribution in [0.25, 0.3) is 0 Å². The van der Waals surface area contributed by atoms with Gasteiger partial charge >= 0.3 is 0 Å². The van der Waals surface area contributed by atoms with Gasteiger partial charge in [-0.2, -0.15) is 0 Å². The molecule has 100 valence electrons. The van der Waals surface area contributed by atoms with Crippen molar-refractivity contribution in [3.63, 3.8) is 0 Å². The van der Waals surface area contributed by atoms with E-state index < -0.39 is 23.4 Å². The van der Waals surface area contributed by atoms with Crippen LogP contribution < -0.4 is 11.5 Å². The SMILES string of the molecule is Nc1cccc2c1C(=O)N(C(=O)c1nonc1N)C2=O. The molecule has 3 amide bonds. The zero-order chi connectivity index (χ0) is 14.4. The van der Waals surface area contributed by atoms with E-state index in [4.69, 9.17) is 11.5 Å². The summed E-state index contributed by atoms with van der Waals surface area (Å²) in [5.41, 5.74) is 10.8. The maximum atomic E-state index is 12.2. The lowest BCUT2D eigenvalue weighted by atomic mass is 10.1. The first-order valence-corrected chi connectivity index (χ1v) is 5.42.